The summed E-state index contributed by atoms with van der Waals surface area (Å²) >= 11 is 0. The molecule has 5 heteroatoms. The van der Waals surface area contributed by atoms with Crippen LogP contribution in [0.2, 0.25) is 0 Å². The molecule has 0 saturated heterocycles. The van der Waals surface area contributed by atoms with Crippen LogP contribution in [0.5, 0.6) is 11.5 Å². The van der Waals surface area contributed by atoms with Gasteiger partial charge in [-0.15, -0.1) is 0 Å². The highest BCUT2D eigenvalue weighted by atomic mass is 19.1. The van der Waals surface area contributed by atoms with Crippen molar-refractivity contribution in [1.29, 1.82) is 0 Å². The highest BCUT2D eigenvalue weighted by molar-refractivity contribution is 5.51. The second-order valence-corrected chi connectivity index (χ2v) is 4.23. The Hall–Kier alpha value is -2.30. The lowest BCUT2D eigenvalue weighted by atomic mass is 10.1. The van der Waals surface area contributed by atoms with Gasteiger partial charge in [-0.2, -0.15) is 0 Å². The van der Waals surface area contributed by atoms with E-state index < -0.39 is 17.7 Å². The van der Waals surface area contributed by atoms with Crippen LogP contribution in [0.3, 0.4) is 0 Å². The zero-order valence-electron chi connectivity index (χ0n) is 10.2. The molecule has 3 nitrogen and oxygen atoms in total. The van der Waals surface area contributed by atoms with Gasteiger partial charge in [0.15, 0.2) is 0 Å². The minimum absolute atomic E-state index is 0.0862. The van der Waals surface area contributed by atoms with E-state index in [1.807, 2.05) is 0 Å². The lowest BCUT2D eigenvalue weighted by Gasteiger charge is -2.18. The van der Waals surface area contributed by atoms with Crippen LogP contribution >= 0.6 is 0 Å². The van der Waals surface area contributed by atoms with Crippen LogP contribution in [0, 0.1) is 11.6 Å². The number of phenolic OH excluding ortho intramolecular Hbond substituents is 2. The van der Waals surface area contributed by atoms with E-state index in [2.05, 4.69) is 5.32 Å². The quantitative estimate of drug-likeness (QED) is 0.795. The van der Waals surface area contributed by atoms with Crippen molar-refractivity contribution in [2.45, 2.75) is 13.0 Å². The molecule has 0 heterocycles. The van der Waals surface area contributed by atoms with E-state index in [0.29, 0.717) is 0 Å². The molecule has 2 aromatic rings. The van der Waals surface area contributed by atoms with Crippen LogP contribution in [-0.4, -0.2) is 10.2 Å². The Labute approximate surface area is 109 Å². The number of rotatable bonds is 3. The van der Waals surface area contributed by atoms with Gasteiger partial charge < -0.3 is 15.5 Å². The number of nitrogens with one attached hydrogen (secondary N) is 1. The smallest absolute Gasteiger partial charge is 0.128 e. The molecule has 2 rings (SSSR count). The molecule has 0 radical (unpaired) electrons. The topological polar surface area (TPSA) is 52.5 Å². The van der Waals surface area contributed by atoms with Gasteiger partial charge in [-0.1, -0.05) is 6.07 Å². The zero-order valence-corrected chi connectivity index (χ0v) is 10.2. The SMILES string of the molecule is CC(Nc1cc(F)cc(F)c1)c1c(O)cccc1O. The van der Waals surface area contributed by atoms with E-state index >= 15 is 0 Å². The van der Waals surface area contributed by atoms with Gasteiger partial charge in [-0.3, -0.25) is 0 Å². The van der Waals surface area contributed by atoms with Gasteiger partial charge in [0.1, 0.15) is 23.1 Å². The second-order valence-electron chi connectivity index (χ2n) is 4.23. The molecule has 0 bridgehead atoms. The molecular weight excluding hydrogens is 252 g/mol. The molecule has 0 aliphatic carbocycles. The summed E-state index contributed by atoms with van der Waals surface area (Å²) in [7, 11) is 0. The summed E-state index contributed by atoms with van der Waals surface area (Å²) in [4.78, 5) is 0. The molecule has 1 unspecified atom stereocenters. The molecule has 0 saturated carbocycles. The number of hydrogen-bond donors (Lipinski definition) is 3. The third-order valence-corrected chi connectivity index (χ3v) is 2.74. The third kappa shape index (κ3) is 2.93. The fourth-order valence-electron chi connectivity index (χ4n) is 1.94. The van der Waals surface area contributed by atoms with Crippen molar-refractivity contribution in [1.82, 2.24) is 0 Å². The van der Waals surface area contributed by atoms with Crippen molar-refractivity contribution in [3.63, 3.8) is 0 Å². The molecule has 3 N–H and O–H groups in total. The van der Waals surface area contributed by atoms with E-state index in [0.717, 1.165) is 18.2 Å². The average Bonchev–Trinajstić information content (AvgIpc) is 2.26. The Balaban J connectivity index is 2.28. The van der Waals surface area contributed by atoms with Gasteiger partial charge in [0.05, 0.1) is 11.6 Å². The van der Waals surface area contributed by atoms with Gasteiger partial charge in [0.2, 0.25) is 0 Å². The minimum atomic E-state index is -0.698. The maximum absolute atomic E-state index is 13.1. The number of benzene rings is 2. The van der Waals surface area contributed by atoms with Gasteiger partial charge in [-0.25, -0.2) is 8.78 Å². The number of aromatic hydroxyl groups is 2. The first-order valence-electron chi connectivity index (χ1n) is 5.71. The minimum Gasteiger partial charge on any atom is -0.507 e. The molecule has 0 fully saturated rings. The molecule has 0 spiro atoms. The van der Waals surface area contributed by atoms with E-state index in [9.17, 15) is 19.0 Å². The Morgan fingerprint density at radius 2 is 1.53 bits per heavy atom. The molecule has 2 aromatic carbocycles. The maximum Gasteiger partial charge on any atom is 0.128 e. The van der Waals surface area contributed by atoms with E-state index in [-0.39, 0.29) is 22.7 Å². The van der Waals surface area contributed by atoms with Crippen LogP contribution in [0.4, 0.5) is 14.5 Å². The van der Waals surface area contributed by atoms with Crippen LogP contribution in [0.15, 0.2) is 36.4 Å². The molecule has 0 aliphatic heterocycles. The first kappa shape index (κ1) is 13.1. The lowest BCUT2D eigenvalue weighted by Crippen LogP contribution is -2.07. The highest BCUT2D eigenvalue weighted by Gasteiger charge is 2.15. The predicted octanol–water partition coefficient (Wildman–Crippen LogP) is 3.55. The van der Waals surface area contributed by atoms with Crippen molar-refractivity contribution in [3.8, 4) is 11.5 Å². The Morgan fingerprint density at radius 1 is 1.00 bits per heavy atom. The summed E-state index contributed by atoms with van der Waals surface area (Å²) < 4.78 is 26.1. The van der Waals surface area contributed by atoms with Crippen molar-refractivity contribution >= 4 is 5.69 Å². The van der Waals surface area contributed by atoms with Gasteiger partial charge in [-0.05, 0) is 31.2 Å². The highest BCUT2D eigenvalue weighted by Crippen LogP contribution is 2.34. The second kappa shape index (κ2) is 5.14. The summed E-state index contributed by atoms with van der Waals surface area (Å²) in [6.45, 7) is 1.66. The van der Waals surface area contributed by atoms with Crippen molar-refractivity contribution < 1.29 is 19.0 Å². The summed E-state index contributed by atoms with van der Waals surface area (Å²) in [6, 6.07) is 6.89. The Kier molecular flexibility index (Phi) is 3.55. The summed E-state index contributed by atoms with van der Waals surface area (Å²) in [5, 5.41) is 22.2. The molecular formula is C14H13F2NO2. The molecule has 100 valence electrons. The monoisotopic (exact) mass is 265 g/mol. The lowest BCUT2D eigenvalue weighted by molar-refractivity contribution is 0.434. The molecule has 0 aromatic heterocycles. The fourth-order valence-corrected chi connectivity index (χ4v) is 1.94. The standard InChI is InChI=1S/C14H13F2NO2/c1-8(14-12(18)3-2-4-13(14)19)17-11-6-9(15)5-10(16)7-11/h2-8,17-19H,1H3. The Morgan fingerprint density at radius 3 is 2.05 bits per heavy atom. The first-order valence-corrected chi connectivity index (χ1v) is 5.71. The molecule has 0 aliphatic rings. The van der Waals surface area contributed by atoms with Crippen molar-refractivity contribution in [3.05, 3.63) is 53.6 Å². The first-order chi connectivity index (χ1) is 8.97. The van der Waals surface area contributed by atoms with Crippen LogP contribution in [0.1, 0.15) is 18.5 Å². The van der Waals surface area contributed by atoms with Gasteiger partial charge >= 0.3 is 0 Å². The molecule has 19 heavy (non-hydrogen) atoms. The van der Waals surface area contributed by atoms with Crippen LogP contribution in [-0.2, 0) is 0 Å². The summed E-state index contributed by atoms with van der Waals surface area (Å²) in [5.74, 6) is -1.57. The fraction of sp³-hybridized carbons (Fsp3) is 0.143. The number of halogens is 2. The number of hydrogen-bond acceptors (Lipinski definition) is 3. The number of anilines is 1. The normalized spacial score (nSPS) is 12.2. The van der Waals surface area contributed by atoms with Crippen molar-refractivity contribution in [2.75, 3.05) is 5.32 Å². The number of phenols is 2. The summed E-state index contributed by atoms with van der Waals surface area (Å²) in [5.41, 5.74) is 0.500. The summed E-state index contributed by atoms with van der Waals surface area (Å²) in [6.07, 6.45) is 0. The van der Waals surface area contributed by atoms with Crippen LogP contribution < -0.4 is 5.32 Å². The van der Waals surface area contributed by atoms with E-state index in [4.69, 9.17) is 0 Å². The van der Waals surface area contributed by atoms with E-state index in [1.54, 1.807) is 6.92 Å². The molecule has 0 amide bonds. The van der Waals surface area contributed by atoms with Gasteiger partial charge in [0, 0.05) is 11.8 Å². The van der Waals surface area contributed by atoms with Crippen molar-refractivity contribution in [2.24, 2.45) is 0 Å². The predicted molar refractivity (Wildman–Crippen MR) is 68.2 cm³/mol. The largest absolute Gasteiger partial charge is 0.507 e. The Bertz CT molecular complexity index is 561. The van der Waals surface area contributed by atoms with Crippen LogP contribution in [0.25, 0.3) is 0 Å². The van der Waals surface area contributed by atoms with E-state index in [1.165, 1.54) is 18.2 Å². The molecule has 1 atom stereocenters. The third-order valence-electron chi connectivity index (χ3n) is 2.74. The average molecular weight is 265 g/mol. The maximum atomic E-state index is 13.1. The van der Waals surface area contributed by atoms with Gasteiger partial charge in [0.25, 0.3) is 0 Å². The zero-order chi connectivity index (χ0) is 14.0.